The van der Waals surface area contributed by atoms with Crippen molar-refractivity contribution in [3.63, 3.8) is 0 Å². The van der Waals surface area contributed by atoms with E-state index in [1.807, 2.05) is 20.1 Å². The predicted octanol–water partition coefficient (Wildman–Crippen LogP) is 6.64. The van der Waals surface area contributed by atoms with Crippen LogP contribution in [0.1, 0.15) is 39.2 Å². The second kappa shape index (κ2) is 16.2. The molecule has 0 radical (unpaired) electrons. The van der Waals surface area contributed by atoms with Gasteiger partial charge in [0, 0.05) is 18.0 Å². The fraction of sp³-hybridized carbons (Fsp3) is 0.355. The Bertz CT molecular complexity index is 1490. The summed E-state index contributed by atoms with van der Waals surface area (Å²) in [6.45, 7) is 5.97. The van der Waals surface area contributed by atoms with Crippen LogP contribution in [0.15, 0.2) is 76.5 Å². The third-order valence-corrected chi connectivity index (χ3v) is 9.90. The molecular weight excluding hydrogens is 629 g/mol. The quantitative estimate of drug-likeness (QED) is 0.183. The van der Waals surface area contributed by atoms with Crippen molar-refractivity contribution in [3.05, 3.63) is 82.3 Å². The van der Waals surface area contributed by atoms with E-state index in [4.69, 9.17) is 27.9 Å². The van der Waals surface area contributed by atoms with Gasteiger partial charge in [-0.15, -0.1) is 11.8 Å². The number of carbonyl (C=O) groups is 2. The van der Waals surface area contributed by atoms with Crippen molar-refractivity contribution in [2.45, 2.75) is 56.0 Å². The van der Waals surface area contributed by atoms with Gasteiger partial charge in [-0.05, 0) is 92.2 Å². The molecule has 1 atom stereocenters. The smallest absolute Gasteiger partial charge is 0.264 e. The first-order valence-electron chi connectivity index (χ1n) is 14.0. The lowest BCUT2D eigenvalue weighted by molar-refractivity contribution is -0.140. The highest BCUT2D eigenvalue weighted by Gasteiger charge is 2.33. The number of halogens is 2. The highest BCUT2D eigenvalue weighted by Crippen LogP contribution is 2.29. The molecule has 232 valence electrons. The average molecular weight is 667 g/mol. The molecule has 0 saturated heterocycles. The van der Waals surface area contributed by atoms with Crippen LogP contribution in [0.3, 0.4) is 0 Å². The van der Waals surface area contributed by atoms with Crippen molar-refractivity contribution in [1.29, 1.82) is 0 Å². The average Bonchev–Trinajstić information content (AvgIpc) is 3.00. The minimum atomic E-state index is -4.19. The van der Waals surface area contributed by atoms with Gasteiger partial charge in [0.25, 0.3) is 10.0 Å². The van der Waals surface area contributed by atoms with E-state index in [0.29, 0.717) is 40.9 Å². The number of ether oxygens (including phenoxy) is 1. The maximum absolute atomic E-state index is 14.2. The fourth-order valence-electron chi connectivity index (χ4n) is 4.40. The minimum absolute atomic E-state index is 0.0212. The lowest BCUT2D eigenvalue weighted by Crippen LogP contribution is -2.52. The zero-order valence-electron chi connectivity index (χ0n) is 24.7. The van der Waals surface area contributed by atoms with Crippen molar-refractivity contribution in [3.8, 4) is 5.75 Å². The van der Waals surface area contributed by atoms with Gasteiger partial charge in [0.1, 0.15) is 18.3 Å². The number of sulfonamides is 1. The Morgan fingerprint density at radius 2 is 1.63 bits per heavy atom. The number of rotatable bonds is 15. The molecule has 0 aliphatic heterocycles. The summed E-state index contributed by atoms with van der Waals surface area (Å²) in [6.07, 6.45) is 2.94. The second-order valence-electron chi connectivity index (χ2n) is 9.60. The van der Waals surface area contributed by atoms with Gasteiger partial charge in [0.05, 0.1) is 27.2 Å². The molecule has 0 aliphatic carbocycles. The second-order valence-corrected chi connectivity index (χ2v) is 13.2. The molecule has 2 amide bonds. The Labute approximate surface area is 268 Å². The largest absolute Gasteiger partial charge is 0.494 e. The van der Waals surface area contributed by atoms with Gasteiger partial charge < -0.3 is 15.0 Å². The molecule has 3 rings (SSSR count). The molecule has 0 bridgehead atoms. The van der Waals surface area contributed by atoms with Crippen molar-refractivity contribution >= 4 is 62.5 Å². The monoisotopic (exact) mass is 665 g/mol. The molecule has 1 N–H and O–H groups in total. The highest BCUT2D eigenvalue weighted by molar-refractivity contribution is 7.98. The van der Waals surface area contributed by atoms with Crippen molar-refractivity contribution < 1.29 is 22.7 Å². The summed E-state index contributed by atoms with van der Waals surface area (Å²) in [7, 11) is -4.19. The number of hydrogen-bond donors (Lipinski definition) is 1. The fourth-order valence-corrected chi connectivity index (χ4v) is 6.54. The van der Waals surface area contributed by atoms with Gasteiger partial charge in [-0.1, -0.05) is 43.1 Å². The van der Waals surface area contributed by atoms with Crippen LogP contribution in [0.25, 0.3) is 0 Å². The number of anilines is 1. The molecule has 0 aromatic heterocycles. The summed E-state index contributed by atoms with van der Waals surface area (Å²) < 4.78 is 34.7. The summed E-state index contributed by atoms with van der Waals surface area (Å²) >= 11 is 13.9. The maximum atomic E-state index is 14.2. The first-order chi connectivity index (χ1) is 20.5. The van der Waals surface area contributed by atoms with Gasteiger partial charge in [0.2, 0.25) is 11.8 Å². The first kappa shape index (κ1) is 34.6. The lowest BCUT2D eigenvalue weighted by Gasteiger charge is -2.33. The number of hydrogen-bond acceptors (Lipinski definition) is 6. The van der Waals surface area contributed by atoms with Gasteiger partial charge in [-0.25, -0.2) is 8.42 Å². The molecule has 0 aliphatic rings. The van der Waals surface area contributed by atoms with E-state index >= 15 is 0 Å². The Balaban J connectivity index is 2.07. The zero-order chi connectivity index (χ0) is 31.6. The van der Waals surface area contributed by atoms with Crippen LogP contribution in [-0.4, -0.2) is 57.1 Å². The Kier molecular flexibility index (Phi) is 13.1. The van der Waals surface area contributed by atoms with E-state index in [1.165, 1.54) is 28.8 Å². The van der Waals surface area contributed by atoms with Crippen LogP contribution in [-0.2, 0) is 26.2 Å². The van der Waals surface area contributed by atoms with Crippen molar-refractivity contribution in [1.82, 2.24) is 10.2 Å². The highest BCUT2D eigenvalue weighted by atomic mass is 35.5. The molecule has 0 saturated carbocycles. The molecule has 43 heavy (non-hydrogen) atoms. The molecule has 0 fully saturated rings. The van der Waals surface area contributed by atoms with Crippen LogP contribution in [0.4, 0.5) is 5.69 Å². The van der Waals surface area contributed by atoms with Crippen LogP contribution in [0.5, 0.6) is 5.75 Å². The number of thioether (sulfide) groups is 1. The molecule has 0 heterocycles. The minimum Gasteiger partial charge on any atom is -0.494 e. The van der Waals surface area contributed by atoms with E-state index < -0.39 is 28.5 Å². The number of amides is 2. The summed E-state index contributed by atoms with van der Waals surface area (Å²) in [5.74, 6) is -0.303. The van der Waals surface area contributed by atoms with Crippen LogP contribution in [0.2, 0.25) is 10.0 Å². The van der Waals surface area contributed by atoms with Crippen LogP contribution >= 0.6 is 35.0 Å². The van der Waals surface area contributed by atoms with E-state index in [0.717, 1.165) is 15.6 Å². The third kappa shape index (κ3) is 9.04. The molecule has 3 aromatic carbocycles. The van der Waals surface area contributed by atoms with Crippen LogP contribution < -0.4 is 14.4 Å². The SMILES string of the molecule is CCCNC(=O)[C@@H](CC)N(Cc1ccc(Cl)c(Cl)c1)C(=O)CN(c1ccc(OCC)cc1)S(=O)(=O)c1ccc(SC)cc1. The van der Waals surface area contributed by atoms with Crippen molar-refractivity contribution in [2.24, 2.45) is 0 Å². The van der Waals surface area contributed by atoms with Gasteiger partial charge >= 0.3 is 0 Å². The maximum Gasteiger partial charge on any atom is 0.264 e. The summed E-state index contributed by atoms with van der Waals surface area (Å²) in [5.41, 5.74) is 0.927. The normalized spacial score (nSPS) is 12.0. The number of nitrogens with one attached hydrogen (secondary N) is 1. The standard InChI is InChI=1S/C31H37Cl2N3O5S2/c1-5-18-34-31(38)29(6-2)35(20-22-8-17-27(32)28(33)19-22)30(37)21-36(23-9-11-24(12-10-23)41-7-3)43(39,40)26-15-13-25(42-4)14-16-26/h8-17,19,29H,5-7,18,20-21H2,1-4H3,(H,34,38)/t29-/m1/s1. The molecule has 8 nitrogen and oxygen atoms in total. The van der Waals surface area contributed by atoms with Gasteiger partial charge in [-0.3, -0.25) is 13.9 Å². The van der Waals surface area contributed by atoms with E-state index in [9.17, 15) is 18.0 Å². The Morgan fingerprint density at radius 1 is 0.953 bits per heavy atom. The topological polar surface area (TPSA) is 96.0 Å². The Morgan fingerprint density at radius 3 is 2.19 bits per heavy atom. The first-order valence-corrected chi connectivity index (χ1v) is 17.4. The summed E-state index contributed by atoms with van der Waals surface area (Å²) in [6, 6.07) is 17.1. The number of carbonyl (C=O) groups excluding carboxylic acids is 2. The zero-order valence-corrected chi connectivity index (χ0v) is 27.8. The summed E-state index contributed by atoms with van der Waals surface area (Å²) in [4.78, 5) is 29.7. The third-order valence-electron chi connectivity index (χ3n) is 6.63. The Hall–Kier alpha value is -2.92. The van der Waals surface area contributed by atoms with E-state index in [-0.39, 0.29) is 23.0 Å². The van der Waals surface area contributed by atoms with Gasteiger partial charge in [0.15, 0.2) is 0 Å². The van der Waals surface area contributed by atoms with Crippen LogP contribution in [0, 0.1) is 0 Å². The molecule has 0 unspecified atom stereocenters. The predicted molar refractivity (Wildman–Crippen MR) is 175 cm³/mol. The number of nitrogens with zero attached hydrogens (tertiary/aromatic N) is 2. The molecule has 0 spiro atoms. The van der Waals surface area contributed by atoms with Gasteiger partial charge in [-0.2, -0.15) is 0 Å². The van der Waals surface area contributed by atoms with E-state index in [1.54, 1.807) is 61.5 Å². The van der Waals surface area contributed by atoms with Crippen molar-refractivity contribution in [2.75, 3.05) is 30.3 Å². The summed E-state index contributed by atoms with van der Waals surface area (Å²) in [5, 5.41) is 3.53. The molecular formula is C31H37Cl2N3O5S2. The lowest BCUT2D eigenvalue weighted by atomic mass is 10.1. The molecule has 3 aromatic rings. The number of benzene rings is 3. The van der Waals surface area contributed by atoms with E-state index in [2.05, 4.69) is 5.32 Å². The molecule has 12 heteroatoms.